The minimum atomic E-state index is 0.171. The number of hydrogen-bond acceptors (Lipinski definition) is 3. The summed E-state index contributed by atoms with van der Waals surface area (Å²) in [4.78, 5) is 4.26. The van der Waals surface area contributed by atoms with Gasteiger partial charge in [0.15, 0.2) is 0 Å². The molecule has 2 atom stereocenters. The number of rotatable bonds is 6. The maximum Gasteiger partial charge on any atom is 0.0488 e. The Bertz CT molecular complexity index is 264. The van der Waals surface area contributed by atoms with Crippen LogP contribution in [0.3, 0.4) is 0 Å². The molecule has 0 saturated heterocycles. The molecule has 0 spiro atoms. The van der Waals surface area contributed by atoms with Crippen molar-refractivity contribution in [3.63, 3.8) is 0 Å². The molecule has 0 aliphatic carbocycles. The van der Waals surface area contributed by atoms with Crippen molar-refractivity contribution in [3.8, 4) is 0 Å². The van der Waals surface area contributed by atoms with Crippen LogP contribution in [-0.2, 0) is 11.2 Å². The molecule has 2 N–H and O–H groups in total. The molecule has 1 heterocycles. The molecule has 0 saturated carbocycles. The molecule has 0 fully saturated rings. The lowest BCUT2D eigenvalue weighted by atomic mass is 9.99. The lowest BCUT2D eigenvalue weighted by Gasteiger charge is -2.16. The lowest BCUT2D eigenvalue weighted by Crippen LogP contribution is -2.27. The normalized spacial score (nSPS) is 14.9. The van der Waals surface area contributed by atoms with Crippen LogP contribution in [0.1, 0.15) is 19.0 Å². The van der Waals surface area contributed by atoms with E-state index in [-0.39, 0.29) is 6.04 Å². The Morgan fingerprint density at radius 3 is 2.87 bits per heavy atom. The number of methoxy groups -OCH3 is 1. The van der Waals surface area contributed by atoms with Gasteiger partial charge in [0.1, 0.15) is 0 Å². The summed E-state index contributed by atoms with van der Waals surface area (Å²) in [6, 6.07) is 6.10. The summed E-state index contributed by atoms with van der Waals surface area (Å²) in [7, 11) is 1.72. The first-order chi connectivity index (χ1) is 7.22. The van der Waals surface area contributed by atoms with E-state index in [0.717, 1.165) is 25.1 Å². The molecular weight excluding hydrogens is 188 g/mol. The second kappa shape index (κ2) is 6.53. The van der Waals surface area contributed by atoms with Crippen LogP contribution in [0, 0.1) is 5.92 Å². The quantitative estimate of drug-likeness (QED) is 0.773. The van der Waals surface area contributed by atoms with Crippen molar-refractivity contribution in [3.05, 3.63) is 30.1 Å². The Kier molecular flexibility index (Phi) is 5.29. The second-order valence-electron chi connectivity index (χ2n) is 4.08. The first kappa shape index (κ1) is 12.1. The third kappa shape index (κ3) is 4.91. The Labute approximate surface area is 91.7 Å². The molecule has 0 aromatic carbocycles. The minimum absolute atomic E-state index is 0.171. The van der Waals surface area contributed by atoms with E-state index in [0.29, 0.717) is 5.92 Å². The summed E-state index contributed by atoms with van der Waals surface area (Å²) >= 11 is 0. The first-order valence-electron chi connectivity index (χ1n) is 5.36. The molecule has 1 aromatic rings. The van der Waals surface area contributed by atoms with Gasteiger partial charge in [0.2, 0.25) is 0 Å². The molecular formula is C12H20N2O. The molecule has 15 heavy (non-hydrogen) atoms. The fourth-order valence-corrected chi connectivity index (χ4v) is 1.74. The number of nitrogens with zero attached hydrogens (tertiary/aromatic N) is 1. The summed E-state index contributed by atoms with van der Waals surface area (Å²) in [5.74, 6) is 0.508. The van der Waals surface area contributed by atoms with E-state index >= 15 is 0 Å². The van der Waals surface area contributed by atoms with Crippen molar-refractivity contribution in [1.29, 1.82) is 0 Å². The van der Waals surface area contributed by atoms with Crippen LogP contribution in [0.2, 0.25) is 0 Å². The summed E-state index contributed by atoms with van der Waals surface area (Å²) in [6.45, 7) is 2.93. The predicted octanol–water partition coefficient (Wildman–Crippen LogP) is 1.62. The van der Waals surface area contributed by atoms with E-state index in [1.165, 1.54) is 0 Å². The summed E-state index contributed by atoms with van der Waals surface area (Å²) < 4.78 is 5.08. The van der Waals surface area contributed by atoms with Crippen LogP contribution in [0.25, 0.3) is 0 Å². The molecule has 3 nitrogen and oxygen atoms in total. The highest BCUT2D eigenvalue weighted by atomic mass is 16.5. The molecule has 0 bridgehead atoms. The fraction of sp³-hybridized carbons (Fsp3) is 0.583. The van der Waals surface area contributed by atoms with E-state index in [1.54, 1.807) is 13.3 Å². The fourth-order valence-electron chi connectivity index (χ4n) is 1.74. The third-order valence-corrected chi connectivity index (χ3v) is 2.35. The molecule has 84 valence electrons. The zero-order chi connectivity index (χ0) is 11.1. The van der Waals surface area contributed by atoms with Crippen molar-refractivity contribution >= 4 is 0 Å². The lowest BCUT2D eigenvalue weighted by molar-refractivity contribution is 0.152. The highest BCUT2D eigenvalue weighted by Crippen LogP contribution is 2.08. The van der Waals surface area contributed by atoms with Crippen LogP contribution < -0.4 is 5.73 Å². The molecule has 1 aromatic heterocycles. The van der Waals surface area contributed by atoms with Gasteiger partial charge in [-0.05, 0) is 24.5 Å². The molecule has 3 heteroatoms. The Morgan fingerprint density at radius 1 is 1.47 bits per heavy atom. The van der Waals surface area contributed by atoms with Crippen LogP contribution in [0.15, 0.2) is 24.4 Å². The van der Waals surface area contributed by atoms with E-state index in [1.807, 2.05) is 18.2 Å². The number of aromatic nitrogens is 1. The summed E-state index contributed by atoms with van der Waals surface area (Å²) in [5.41, 5.74) is 7.11. The van der Waals surface area contributed by atoms with Gasteiger partial charge in [0.05, 0.1) is 0 Å². The SMILES string of the molecule is COCC(C)CC(N)Cc1ccccn1. The van der Waals surface area contributed by atoms with Gasteiger partial charge >= 0.3 is 0 Å². The van der Waals surface area contributed by atoms with Crippen LogP contribution in [0.4, 0.5) is 0 Å². The Morgan fingerprint density at radius 2 is 2.27 bits per heavy atom. The Hall–Kier alpha value is -0.930. The monoisotopic (exact) mass is 208 g/mol. The molecule has 2 unspecified atom stereocenters. The maximum absolute atomic E-state index is 6.04. The van der Waals surface area contributed by atoms with Gasteiger partial charge in [-0.2, -0.15) is 0 Å². The largest absolute Gasteiger partial charge is 0.384 e. The van der Waals surface area contributed by atoms with E-state index < -0.39 is 0 Å². The standard InChI is InChI=1S/C12H20N2O/c1-10(9-15-2)7-11(13)8-12-5-3-4-6-14-12/h3-6,10-11H,7-9,13H2,1-2H3. The zero-order valence-electron chi connectivity index (χ0n) is 9.52. The molecule has 0 aliphatic heterocycles. The van der Waals surface area contributed by atoms with Crippen molar-refractivity contribution < 1.29 is 4.74 Å². The summed E-state index contributed by atoms with van der Waals surface area (Å²) in [5, 5.41) is 0. The highest BCUT2D eigenvalue weighted by molar-refractivity contribution is 5.04. The topological polar surface area (TPSA) is 48.1 Å². The summed E-state index contributed by atoms with van der Waals surface area (Å²) in [6.07, 6.45) is 3.62. The van der Waals surface area contributed by atoms with Gasteiger partial charge in [0.25, 0.3) is 0 Å². The second-order valence-corrected chi connectivity index (χ2v) is 4.08. The first-order valence-corrected chi connectivity index (χ1v) is 5.36. The number of hydrogen-bond donors (Lipinski definition) is 1. The van der Waals surface area contributed by atoms with E-state index in [2.05, 4.69) is 11.9 Å². The molecule has 1 rings (SSSR count). The highest BCUT2D eigenvalue weighted by Gasteiger charge is 2.10. The number of ether oxygens (including phenoxy) is 1. The molecule has 0 amide bonds. The van der Waals surface area contributed by atoms with Crippen molar-refractivity contribution in [2.24, 2.45) is 11.7 Å². The van der Waals surface area contributed by atoms with Gasteiger partial charge in [-0.1, -0.05) is 13.0 Å². The van der Waals surface area contributed by atoms with Crippen molar-refractivity contribution in [2.45, 2.75) is 25.8 Å². The average Bonchev–Trinajstić information content (AvgIpc) is 2.19. The van der Waals surface area contributed by atoms with Crippen LogP contribution in [0.5, 0.6) is 0 Å². The average molecular weight is 208 g/mol. The smallest absolute Gasteiger partial charge is 0.0488 e. The van der Waals surface area contributed by atoms with E-state index in [4.69, 9.17) is 10.5 Å². The maximum atomic E-state index is 6.04. The number of pyridine rings is 1. The van der Waals surface area contributed by atoms with Crippen molar-refractivity contribution in [1.82, 2.24) is 4.98 Å². The predicted molar refractivity (Wildman–Crippen MR) is 61.6 cm³/mol. The van der Waals surface area contributed by atoms with Gasteiger partial charge in [-0.3, -0.25) is 4.98 Å². The number of nitrogens with two attached hydrogens (primary N) is 1. The van der Waals surface area contributed by atoms with Crippen molar-refractivity contribution in [2.75, 3.05) is 13.7 Å². The van der Waals surface area contributed by atoms with Crippen LogP contribution in [-0.4, -0.2) is 24.7 Å². The van der Waals surface area contributed by atoms with Crippen LogP contribution >= 0.6 is 0 Å². The minimum Gasteiger partial charge on any atom is -0.384 e. The van der Waals surface area contributed by atoms with Gasteiger partial charge in [0, 0.05) is 38.1 Å². The van der Waals surface area contributed by atoms with Gasteiger partial charge < -0.3 is 10.5 Å². The molecule has 0 radical (unpaired) electrons. The van der Waals surface area contributed by atoms with Gasteiger partial charge in [-0.25, -0.2) is 0 Å². The zero-order valence-corrected chi connectivity index (χ0v) is 9.52. The van der Waals surface area contributed by atoms with E-state index in [9.17, 15) is 0 Å². The third-order valence-electron chi connectivity index (χ3n) is 2.35. The molecule has 0 aliphatic rings. The Balaban J connectivity index is 2.33. The van der Waals surface area contributed by atoms with Gasteiger partial charge in [-0.15, -0.1) is 0 Å².